The van der Waals surface area contributed by atoms with Crippen LogP contribution in [0.5, 0.6) is 5.75 Å². The van der Waals surface area contributed by atoms with Crippen molar-refractivity contribution in [3.8, 4) is 16.9 Å². The van der Waals surface area contributed by atoms with Crippen molar-refractivity contribution in [3.63, 3.8) is 0 Å². The summed E-state index contributed by atoms with van der Waals surface area (Å²) in [5, 5.41) is 0.201. The minimum absolute atomic E-state index is 0.0315. The lowest BCUT2D eigenvalue weighted by Gasteiger charge is -2.21. The molecule has 0 radical (unpaired) electrons. The smallest absolute Gasteiger partial charge is 0.253 e. The van der Waals surface area contributed by atoms with Crippen LogP contribution in [-0.2, 0) is 0 Å². The molecule has 1 aromatic heterocycles. The second-order valence-electron chi connectivity index (χ2n) is 8.65. The van der Waals surface area contributed by atoms with Crippen molar-refractivity contribution in [1.29, 1.82) is 0 Å². The summed E-state index contributed by atoms with van der Waals surface area (Å²) in [5.41, 5.74) is 8.62. The van der Waals surface area contributed by atoms with Crippen LogP contribution in [0.4, 0.5) is 10.2 Å². The van der Waals surface area contributed by atoms with Crippen LogP contribution in [0.15, 0.2) is 48.7 Å². The SMILES string of the molecule is CC(Oc1cc(-c2ccc(C(=O)N3CCCN(C)CC3)cc2)cnc1N)c1c(Cl)ccc(F)c1Cl. The minimum Gasteiger partial charge on any atom is -0.482 e. The van der Waals surface area contributed by atoms with E-state index in [0.717, 1.165) is 43.7 Å². The molecule has 9 heteroatoms. The topological polar surface area (TPSA) is 71.7 Å². The van der Waals surface area contributed by atoms with Crippen LogP contribution in [0.25, 0.3) is 11.1 Å². The largest absolute Gasteiger partial charge is 0.482 e. The molecule has 0 saturated carbocycles. The van der Waals surface area contributed by atoms with Crippen LogP contribution in [0.2, 0.25) is 10.0 Å². The van der Waals surface area contributed by atoms with E-state index in [1.54, 1.807) is 19.2 Å². The molecule has 35 heavy (non-hydrogen) atoms. The van der Waals surface area contributed by atoms with E-state index in [1.165, 1.54) is 12.1 Å². The Morgan fingerprint density at radius 2 is 1.83 bits per heavy atom. The lowest BCUT2D eigenvalue weighted by molar-refractivity contribution is 0.0763. The van der Waals surface area contributed by atoms with Crippen molar-refractivity contribution in [2.75, 3.05) is 39.0 Å². The molecule has 0 aliphatic carbocycles. The third-order valence-electron chi connectivity index (χ3n) is 6.14. The zero-order valence-corrected chi connectivity index (χ0v) is 21.1. The van der Waals surface area contributed by atoms with Gasteiger partial charge in [0.25, 0.3) is 5.91 Å². The van der Waals surface area contributed by atoms with Crippen LogP contribution in [0.3, 0.4) is 0 Å². The molecule has 1 aliphatic heterocycles. The highest BCUT2D eigenvalue weighted by Crippen LogP contribution is 2.37. The molecule has 2 heterocycles. The molecule has 4 rings (SSSR count). The van der Waals surface area contributed by atoms with E-state index in [9.17, 15) is 9.18 Å². The van der Waals surface area contributed by atoms with Crippen LogP contribution >= 0.6 is 23.2 Å². The van der Waals surface area contributed by atoms with Gasteiger partial charge >= 0.3 is 0 Å². The maximum atomic E-state index is 14.0. The van der Waals surface area contributed by atoms with Gasteiger partial charge in [-0.3, -0.25) is 4.79 Å². The van der Waals surface area contributed by atoms with E-state index in [1.807, 2.05) is 29.2 Å². The van der Waals surface area contributed by atoms with Crippen LogP contribution in [-0.4, -0.2) is 53.9 Å². The summed E-state index contributed by atoms with van der Waals surface area (Å²) >= 11 is 12.4. The Bertz CT molecular complexity index is 1220. The predicted molar refractivity (Wildman–Crippen MR) is 138 cm³/mol. The number of anilines is 1. The van der Waals surface area contributed by atoms with Gasteiger partial charge in [-0.05, 0) is 62.8 Å². The monoisotopic (exact) mass is 516 g/mol. The molecule has 1 fully saturated rings. The van der Waals surface area contributed by atoms with E-state index < -0.39 is 11.9 Å². The molecule has 6 nitrogen and oxygen atoms in total. The van der Waals surface area contributed by atoms with E-state index in [-0.39, 0.29) is 16.7 Å². The van der Waals surface area contributed by atoms with Gasteiger partial charge in [-0.2, -0.15) is 0 Å². The van der Waals surface area contributed by atoms with Gasteiger partial charge in [-0.1, -0.05) is 35.3 Å². The number of aromatic nitrogens is 1. The van der Waals surface area contributed by atoms with Gasteiger partial charge in [-0.25, -0.2) is 9.37 Å². The maximum Gasteiger partial charge on any atom is 0.253 e. The first-order valence-electron chi connectivity index (χ1n) is 11.4. The number of rotatable bonds is 5. The van der Waals surface area contributed by atoms with E-state index in [0.29, 0.717) is 21.9 Å². The fourth-order valence-corrected chi connectivity index (χ4v) is 4.79. The minimum atomic E-state index is -0.669. The van der Waals surface area contributed by atoms with Gasteiger partial charge < -0.3 is 20.3 Å². The molecule has 0 spiro atoms. The molecule has 0 bridgehead atoms. The zero-order valence-electron chi connectivity index (χ0n) is 19.6. The Kier molecular flexibility index (Phi) is 7.79. The number of halogens is 3. The average Bonchev–Trinajstić information content (AvgIpc) is 3.07. The molecule has 1 aliphatic rings. The van der Waals surface area contributed by atoms with Gasteiger partial charge in [0.2, 0.25) is 0 Å². The highest BCUT2D eigenvalue weighted by molar-refractivity contribution is 6.36. The Balaban J connectivity index is 1.53. The van der Waals surface area contributed by atoms with Gasteiger partial charge in [-0.15, -0.1) is 0 Å². The highest BCUT2D eigenvalue weighted by Gasteiger charge is 2.21. The number of nitrogens with two attached hydrogens (primary N) is 1. The number of hydrogen-bond donors (Lipinski definition) is 1. The molecule has 1 saturated heterocycles. The second kappa shape index (κ2) is 10.8. The number of likely N-dealkylation sites (N-methyl/N-ethyl adjacent to an activating group) is 1. The van der Waals surface area contributed by atoms with Gasteiger partial charge in [0.15, 0.2) is 11.6 Å². The summed E-state index contributed by atoms with van der Waals surface area (Å²) in [5.74, 6) is -0.0467. The quantitative estimate of drug-likeness (QED) is 0.440. The standard InChI is InChI=1S/C26H27Cl2FN4O2/c1-16(23-20(27)8-9-21(29)24(23)28)35-22-14-19(15-31-25(22)30)17-4-6-18(7-5-17)26(34)33-11-3-10-32(2)12-13-33/h4-9,14-16H,3,10-13H2,1-2H3,(H2,30,31). The molecule has 1 unspecified atom stereocenters. The third-order valence-corrected chi connectivity index (χ3v) is 6.86. The van der Waals surface area contributed by atoms with Crippen molar-refractivity contribution in [1.82, 2.24) is 14.8 Å². The lowest BCUT2D eigenvalue weighted by Crippen LogP contribution is -2.34. The molecule has 3 aromatic rings. The Labute approximate surface area is 214 Å². The number of carbonyl (C=O) groups is 1. The van der Waals surface area contributed by atoms with Gasteiger partial charge in [0.05, 0.1) is 5.02 Å². The fraction of sp³-hybridized carbons (Fsp3) is 0.308. The average molecular weight is 517 g/mol. The molecule has 1 amide bonds. The molecule has 2 N–H and O–H groups in total. The molecular formula is C26H27Cl2FN4O2. The van der Waals surface area contributed by atoms with Gasteiger partial charge in [0, 0.05) is 47.5 Å². The number of pyridine rings is 1. The lowest BCUT2D eigenvalue weighted by atomic mass is 10.0. The first kappa shape index (κ1) is 25.2. The summed E-state index contributed by atoms with van der Waals surface area (Å²) < 4.78 is 19.9. The van der Waals surface area contributed by atoms with Crippen LogP contribution < -0.4 is 10.5 Å². The number of nitrogen functional groups attached to an aromatic ring is 1. The maximum absolute atomic E-state index is 14.0. The number of carbonyl (C=O) groups excluding carboxylic acids is 1. The summed E-state index contributed by atoms with van der Waals surface area (Å²) in [6, 6.07) is 11.8. The van der Waals surface area contributed by atoms with E-state index >= 15 is 0 Å². The summed E-state index contributed by atoms with van der Waals surface area (Å²) in [6.07, 6.45) is 1.93. The Morgan fingerprint density at radius 3 is 2.57 bits per heavy atom. The van der Waals surface area contributed by atoms with Crippen molar-refractivity contribution >= 4 is 34.9 Å². The van der Waals surface area contributed by atoms with Crippen molar-refractivity contribution in [3.05, 3.63) is 75.7 Å². The van der Waals surface area contributed by atoms with Gasteiger partial charge in [0.1, 0.15) is 11.9 Å². The highest BCUT2D eigenvalue weighted by atomic mass is 35.5. The number of benzene rings is 2. The Morgan fingerprint density at radius 1 is 1.09 bits per heavy atom. The van der Waals surface area contributed by atoms with E-state index in [2.05, 4.69) is 16.9 Å². The van der Waals surface area contributed by atoms with E-state index in [4.69, 9.17) is 33.7 Å². The molecule has 1 atom stereocenters. The Hall–Kier alpha value is -2.87. The summed E-state index contributed by atoms with van der Waals surface area (Å²) in [6.45, 7) is 5.05. The molecular weight excluding hydrogens is 490 g/mol. The van der Waals surface area contributed by atoms with Crippen LogP contribution in [0, 0.1) is 5.82 Å². The first-order valence-corrected chi connectivity index (χ1v) is 12.1. The third kappa shape index (κ3) is 5.69. The zero-order chi connectivity index (χ0) is 25.1. The van der Waals surface area contributed by atoms with Crippen molar-refractivity contribution in [2.24, 2.45) is 0 Å². The van der Waals surface area contributed by atoms with Crippen molar-refractivity contribution < 1.29 is 13.9 Å². The molecule has 184 valence electrons. The fourth-order valence-electron chi connectivity index (χ4n) is 4.11. The number of ether oxygens (including phenoxy) is 1. The normalized spacial score (nSPS) is 15.5. The van der Waals surface area contributed by atoms with Crippen molar-refractivity contribution in [2.45, 2.75) is 19.4 Å². The summed E-state index contributed by atoms with van der Waals surface area (Å²) in [4.78, 5) is 21.3. The first-order chi connectivity index (χ1) is 16.7. The molecule has 2 aromatic carbocycles. The number of nitrogens with zero attached hydrogens (tertiary/aromatic N) is 3. The summed E-state index contributed by atoms with van der Waals surface area (Å²) in [7, 11) is 2.07. The second-order valence-corrected chi connectivity index (χ2v) is 9.44. The predicted octanol–water partition coefficient (Wildman–Crippen LogP) is 5.69. The number of hydrogen-bond acceptors (Lipinski definition) is 5. The van der Waals surface area contributed by atoms with Crippen LogP contribution in [0.1, 0.15) is 35.4 Å². The number of amides is 1.